The number of anilines is 1. The first-order chi connectivity index (χ1) is 15.7. The maximum Gasteiger partial charge on any atom is 0.261 e. The van der Waals surface area contributed by atoms with Gasteiger partial charge in [-0.3, -0.25) is 14.0 Å². The molecule has 1 aromatic carbocycles. The highest BCUT2D eigenvalue weighted by molar-refractivity contribution is 7.99. The predicted octanol–water partition coefficient (Wildman–Crippen LogP) is 3.38. The number of benzene rings is 1. The molecule has 0 radical (unpaired) electrons. The van der Waals surface area contributed by atoms with Gasteiger partial charge in [-0.25, -0.2) is 4.98 Å². The van der Waals surface area contributed by atoms with Gasteiger partial charge in [0.1, 0.15) is 11.5 Å². The van der Waals surface area contributed by atoms with E-state index in [0.717, 1.165) is 22.4 Å². The molecule has 1 amide bonds. The molecule has 0 aliphatic rings. The fourth-order valence-electron chi connectivity index (χ4n) is 3.75. The number of nitrogens with zero attached hydrogens (tertiary/aromatic N) is 5. The topological polar surface area (TPSA) is 94.2 Å². The van der Waals surface area contributed by atoms with Crippen molar-refractivity contribution in [3.05, 3.63) is 80.7 Å². The Morgan fingerprint density at radius 3 is 2.48 bits per heavy atom. The smallest absolute Gasteiger partial charge is 0.261 e. The Labute approximate surface area is 196 Å². The molecule has 0 saturated carbocycles. The number of fused-ring (bicyclic) bond motifs is 1. The summed E-state index contributed by atoms with van der Waals surface area (Å²) in [5, 5.41) is 12.0. The Hall–Kier alpha value is -3.46. The number of hydrogen-bond acceptors (Lipinski definition) is 6. The zero-order valence-electron chi connectivity index (χ0n) is 19.3. The van der Waals surface area contributed by atoms with Crippen LogP contribution in [0, 0.1) is 27.7 Å². The number of amides is 1. The second-order valence-electron chi connectivity index (χ2n) is 8.26. The summed E-state index contributed by atoms with van der Waals surface area (Å²) in [7, 11) is 1.84. The van der Waals surface area contributed by atoms with E-state index in [4.69, 9.17) is 0 Å². The van der Waals surface area contributed by atoms with Crippen LogP contribution in [0.2, 0.25) is 0 Å². The predicted molar refractivity (Wildman–Crippen MR) is 130 cm³/mol. The second-order valence-corrected chi connectivity index (χ2v) is 9.20. The van der Waals surface area contributed by atoms with Crippen molar-refractivity contribution in [1.82, 2.24) is 24.1 Å². The zero-order valence-corrected chi connectivity index (χ0v) is 20.2. The van der Waals surface area contributed by atoms with Gasteiger partial charge >= 0.3 is 0 Å². The van der Waals surface area contributed by atoms with Gasteiger partial charge < -0.3 is 9.88 Å². The van der Waals surface area contributed by atoms with Crippen molar-refractivity contribution in [2.45, 2.75) is 39.3 Å². The molecule has 170 valence electrons. The summed E-state index contributed by atoms with van der Waals surface area (Å²) in [4.78, 5) is 30.0. The Kier molecular flexibility index (Phi) is 6.33. The number of rotatable bonds is 6. The second kappa shape index (κ2) is 9.19. The molecule has 3 aromatic heterocycles. The Bertz CT molecular complexity index is 1400. The van der Waals surface area contributed by atoms with E-state index in [-0.39, 0.29) is 17.2 Å². The van der Waals surface area contributed by atoms with Gasteiger partial charge in [-0.2, -0.15) is 0 Å². The van der Waals surface area contributed by atoms with E-state index in [2.05, 4.69) is 26.6 Å². The molecule has 0 bridgehead atoms. The van der Waals surface area contributed by atoms with Crippen LogP contribution in [0.1, 0.15) is 33.8 Å². The SMILES string of the molecule is Cc1cc(C)cc(NC(=O)CSc2nnc(Cc3c(C)nc4cc(C)ccn4c3=O)n2C)c1. The quantitative estimate of drug-likeness (QED) is 0.442. The van der Waals surface area contributed by atoms with Crippen LogP contribution in [0.25, 0.3) is 5.65 Å². The monoisotopic (exact) mass is 462 g/mol. The third-order valence-electron chi connectivity index (χ3n) is 5.38. The fourth-order valence-corrected chi connectivity index (χ4v) is 4.48. The normalized spacial score (nSPS) is 11.2. The van der Waals surface area contributed by atoms with Crippen LogP contribution < -0.4 is 10.9 Å². The first kappa shape index (κ1) is 22.7. The summed E-state index contributed by atoms with van der Waals surface area (Å²) >= 11 is 1.31. The number of pyridine rings is 1. The van der Waals surface area contributed by atoms with Crippen LogP contribution in [0.15, 0.2) is 46.5 Å². The minimum absolute atomic E-state index is 0.109. The highest BCUT2D eigenvalue weighted by atomic mass is 32.2. The molecular formula is C24H26N6O2S. The molecule has 0 aliphatic carbocycles. The van der Waals surface area contributed by atoms with Gasteiger partial charge in [0.2, 0.25) is 5.91 Å². The highest BCUT2D eigenvalue weighted by Gasteiger charge is 2.16. The van der Waals surface area contributed by atoms with E-state index in [9.17, 15) is 9.59 Å². The molecule has 0 unspecified atom stereocenters. The molecule has 0 atom stereocenters. The summed E-state index contributed by atoms with van der Waals surface area (Å²) in [6.07, 6.45) is 2.06. The fraction of sp³-hybridized carbons (Fsp3) is 0.292. The van der Waals surface area contributed by atoms with Gasteiger partial charge in [-0.1, -0.05) is 17.8 Å². The van der Waals surface area contributed by atoms with Crippen molar-refractivity contribution in [1.29, 1.82) is 0 Å². The van der Waals surface area contributed by atoms with Crippen molar-refractivity contribution in [3.63, 3.8) is 0 Å². The number of hydrogen-bond donors (Lipinski definition) is 1. The van der Waals surface area contributed by atoms with Crippen LogP contribution in [-0.2, 0) is 18.3 Å². The van der Waals surface area contributed by atoms with E-state index in [0.29, 0.717) is 34.3 Å². The van der Waals surface area contributed by atoms with Crippen molar-refractivity contribution in [3.8, 4) is 0 Å². The molecule has 8 nitrogen and oxygen atoms in total. The first-order valence-electron chi connectivity index (χ1n) is 10.6. The summed E-state index contributed by atoms with van der Waals surface area (Å²) in [5.74, 6) is 0.733. The summed E-state index contributed by atoms with van der Waals surface area (Å²) in [5.41, 5.74) is 5.80. The van der Waals surface area contributed by atoms with E-state index < -0.39 is 0 Å². The van der Waals surface area contributed by atoms with Gasteiger partial charge in [0, 0.05) is 36.6 Å². The Morgan fingerprint density at radius 2 is 1.76 bits per heavy atom. The van der Waals surface area contributed by atoms with Crippen LogP contribution in [0.4, 0.5) is 5.69 Å². The van der Waals surface area contributed by atoms with Crippen molar-refractivity contribution < 1.29 is 4.79 Å². The summed E-state index contributed by atoms with van der Waals surface area (Å²) in [6, 6.07) is 9.71. The van der Waals surface area contributed by atoms with Gasteiger partial charge in [-0.05, 0) is 68.7 Å². The average molecular weight is 463 g/mol. The lowest BCUT2D eigenvalue weighted by atomic mass is 10.1. The van der Waals surface area contributed by atoms with Gasteiger partial charge in [0.15, 0.2) is 5.16 Å². The number of thioether (sulfide) groups is 1. The average Bonchev–Trinajstić information content (AvgIpc) is 3.08. The summed E-state index contributed by atoms with van der Waals surface area (Å²) in [6.45, 7) is 7.80. The molecule has 0 aliphatic heterocycles. The van der Waals surface area contributed by atoms with E-state index in [1.165, 1.54) is 11.8 Å². The third-order valence-corrected chi connectivity index (χ3v) is 6.40. The number of aromatic nitrogens is 5. The highest BCUT2D eigenvalue weighted by Crippen LogP contribution is 2.19. The van der Waals surface area contributed by atoms with Crippen LogP contribution in [0.3, 0.4) is 0 Å². The van der Waals surface area contributed by atoms with Crippen LogP contribution in [-0.4, -0.2) is 35.8 Å². The van der Waals surface area contributed by atoms with Gasteiger partial charge in [0.05, 0.1) is 5.75 Å². The van der Waals surface area contributed by atoms with E-state index >= 15 is 0 Å². The zero-order chi connectivity index (χ0) is 23.7. The van der Waals surface area contributed by atoms with E-state index in [1.54, 1.807) is 10.6 Å². The van der Waals surface area contributed by atoms with Crippen LogP contribution >= 0.6 is 11.8 Å². The minimum Gasteiger partial charge on any atom is -0.325 e. The van der Waals surface area contributed by atoms with Gasteiger partial charge in [-0.15, -0.1) is 10.2 Å². The third kappa shape index (κ3) is 4.98. The standard InChI is InChI=1S/C24H26N6O2S/c1-14-6-7-30-20(11-14)25-17(4)19(23(30)32)12-21-27-28-24(29(21)5)33-13-22(31)26-18-9-15(2)8-16(3)10-18/h6-11H,12-13H2,1-5H3,(H,26,31). The molecule has 4 aromatic rings. The molecule has 33 heavy (non-hydrogen) atoms. The maximum atomic E-state index is 13.0. The van der Waals surface area contributed by atoms with E-state index in [1.807, 2.05) is 63.6 Å². The molecule has 3 heterocycles. The lowest BCUT2D eigenvalue weighted by molar-refractivity contribution is -0.113. The van der Waals surface area contributed by atoms with Crippen molar-refractivity contribution >= 4 is 29.0 Å². The lowest BCUT2D eigenvalue weighted by Gasteiger charge is -2.09. The summed E-state index contributed by atoms with van der Waals surface area (Å²) < 4.78 is 3.37. The lowest BCUT2D eigenvalue weighted by Crippen LogP contribution is -2.22. The minimum atomic E-state index is -0.113. The maximum absolute atomic E-state index is 13.0. The number of carbonyl (C=O) groups excluding carboxylic acids is 1. The van der Waals surface area contributed by atoms with Crippen molar-refractivity contribution in [2.24, 2.45) is 7.05 Å². The molecule has 4 rings (SSSR count). The number of carbonyl (C=O) groups is 1. The molecule has 0 fully saturated rings. The molecule has 1 N–H and O–H groups in total. The number of nitrogens with one attached hydrogen (secondary N) is 1. The molecule has 0 saturated heterocycles. The van der Waals surface area contributed by atoms with Crippen molar-refractivity contribution in [2.75, 3.05) is 11.1 Å². The van der Waals surface area contributed by atoms with Gasteiger partial charge in [0.25, 0.3) is 5.56 Å². The Morgan fingerprint density at radius 1 is 1.03 bits per heavy atom. The first-order valence-corrected chi connectivity index (χ1v) is 11.6. The Balaban J connectivity index is 1.47. The van der Waals surface area contributed by atoms with Crippen LogP contribution in [0.5, 0.6) is 0 Å². The molecule has 9 heteroatoms. The molecular weight excluding hydrogens is 436 g/mol. The number of aryl methyl sites for hydroxylation is 4. The molecule has 0 spiro atoms. The largest absolute Gasteiger partial charge is 0.325 e.